The molecule has 0 aliphatic carbocycles. The average Bonchev–Trinajstić information content (AvgIpc) is 3.56. The fourth-order valence-electron chi connectivity index (χ4n) is 5.49. The standard InChI is InChI=1S/C34H38IN5O2S/c35-40(33-38-31(25-43-33)28-16-8-3-9-17-28)34(42)39(22-11-19-32(41)37-29-18-10-21-36-24-29)23-20-30(26-12-4-1-5-13-26)27-14-6-2-7-15-27/h1-9,12-17,25,29-30,36H,10-11,18-24H2,(H,37,41). The van der Waals surface area contributed by atoms with E-state index in [4.69, 9.17) is 4.98 Å². The zero-order valence-electron chi connectivity index (χ0n) is 24.2. The Morgan fingerprint density at radius 3 is 2.23 bits per heavy atom. The first-order valence-electron chi connectivity index (χ1n) is 14.9. The second kappa shape index (κ2) is 16.0. The minimum absolute atomic E-state index is 0.0475. The molecule has 2 N–H and O–H groups in total. The van der Waals surface area contributed by atoms with Crippen molar-refractivity contribution < 1.29 is 9.59 Å². The van der Waals surface area contributed by atoms with Gasteiger partial charge in [0.25, 0.3) is 0 Å². The van der Waals surface area contributed by atoms with E-state index in [0.29, 0.717) is 31.1 Å². The summed E-state index contributed by atoms with van der Waals surface area (Å²) in [4.78, 5) is 33.3. The van der Waals surface area contributed by atoms with Crippen molar-refractivity contribution in [2.45, 2.75) is 44.1 Å². The van der Waals surface area contributed by atoms with Gasteiger partial charge in [-0.25, -0.2) is 12.9 Å². The van der Waals surface area contributed by atoms with Crippen LogP contribution in [0.5, 0.6) is 0 Å². The molecular weight excluding hydrogens is 669 g/mol. The average molecular weight is 708 g/mol. The fourth-order valence-corrected chi connectivity index (χ4v) is 6.97. The summed E-state index contributed by atoms with van der Waals surface area (Å²) in [6.07, 6.45) is 3.82. The maximum absolute atomic E-state index is 14.0. The molecule has 5 rings (SSSR count). The number of halogens is 1. The van der Waals surface area contributed by atoms with Crippen LogP contribution in [0, 0.1) is 0 Å². The number of rotatable bonds is 12. The smallest absolute Gasteiger partial charge is 0.335 e. The van der Waals surface area contributed by atoms with E-state index in [1.165, 1.54) is 22.5 Å². The number of carbonyl (C=O) groups excluding carboxylic acids is 2. The predicted octanol–water partition coefficient (Wildman–Crippen LogP) is 7.26. The lowest BCUT2D eigenvalue weighted by Gasteiger charge is -2.28. The molecule has 9 heteroatoms. The zero-order chi connectivity index (χ0) is 29.9. The van der Waals surface area contributed by atoms with Gasteiger partial charge in [0.2, 0.25) is 11.0 Å². The van der Waals surface area contributed by atoms with Crippen molar-refractivity contribution in [2.24, 2.45) is 0 Å². The monoisotopic (exact) mass is 707 g/mol. The maximum Gasteiger partial charge on any atom is 0.335 e. The highest BCUT2D eigenvalue weighted by Crippen LogP contribution is 2.32. The molecule has 1 unspecified atom stereocenters. The largest absolute Gasteiger partial charge is 0.352 e. The van der Waals surface area contributed by atoms with Crippen molar-refractivity contribution in [3.8, 4) is 11.3 Å². The van der Waals surface area contributed by atoms with Crippen molar-refractivity contribution in [1.29, 1.82) is 0 Å². The van der Waals surface area contributed by atoms with Crippen molar-refractivity contribution in [2.75, 3.05) is 29.3 Å². The van der Waals surface area contributed by atoms with Gasteiger partial charge >= 0.3 is 6.03 Å². The number of hydrogen-bond acceptors (Lipinski definition) is 5. The molecule has 3 amide bonds. The number of piperidine rings is 1. The van der Waals surface area contributed by atoms with E-state index in [2.05, 4.69) is 82.0 Å². The van der Waals surface area contributed by atoms with Crippen molar-refractivity contribution >= 4 is 51.3 Å². The summed E-state index contributed by atoms with van der Waals surface area (Å²) >= 11 is 3.52. The Morgan fingerprint density at radius 1 is 0.953 bits per heavy atom. The van der Waals surface area contributed by atoms with Gasteiger partial charge in [-0.05, 0) is 43.4 Å². The van der Waals surface area contributed by atoms with Gasteiger partial charge in [0.15, 0.2) is 0 Å². The number of thiazole rings is 1. The molecule has 7 nitrogen and oxygen atoms in total. The van der Waals surface area contributed by atoms with Gasteiger partial charge in [0.05, 0.1) is 28.6 Å². The molecule has 3 aromatic carbocycles. The van der Waals surface area contributed by atoms with Gasteiger partial charge in [0.1, 0.15) is 0 Å². The van der Waals surface area contributed by atoms with Crippen molar-refractivity contribution in [1.82, 2.24) is 20.5 Å². The molecule has 1 aliphatic rings. The number of anilines is 1. The lowest BCUT2D eigenvalue weighted by atomic mass is 9.88. The van der Waals surface area contributed by atoms with Crippen LogP contribution in [-0.2, 0) is 4.79 Å². The van der Waals surface area contributed by atoms with E-state index in [1.54, 1.807) is 3.11 Å². The van der Waals surface area contributed by atoms with Gasteiger partial charge in [-0.15, -0.1) is 11.3 Å². The Morgan fingerprint density at radius 2 is 1.60 bits per heavy atom. The first kappa shape index (κ1) is 31.2. The lowest BCUT2D eigenvalue weighted by Crippen LogP contribution is -2.45. The summed E-state index contributed by atoms with van der Waals surface area (Å²) < 4.78 is 1.61. The molecule has 0 spiro atoms. The molecular formula is C34H38IN5O2S. The summed E-state index contributed by atoms with van der Waals surface area (Å²) in [5, 5.41) is 9.13. The van der Waals surface area contributed by atoms with Crippen LogP contribution in [0.4, 0.5) is 9.93 Å². The maximum atomic E-state index is 14.0. The van der Waals surface area contributed by atoms with E-state index >= 15 is 0 Å². The molecule has 43 heavy (non-hydrogen) atoms. The van der Waals surface area contributed by atoms with Gasteiger partial charge in [-0.2, -0.15) is 0 Å². The minimum Gasteiger partial charge on any atom is -0.352 e. The Balaban J connectivity index is 1.29. The van der Waals surface area contributed by atoms with Crippen LogP contribution in [0.1, 0.15) is 49.1 Å². The number of nitrogens with one attached hydrogen (secondary N) is 2. The van der Waals surface area contributed by atoms with Crippen LogP contribution in [0.25, 0.3) is 11.3 Å². The molecule has 1 saturated heterocycles. The molecule has 1 aromatic heterocycles. The quantitative estimate of drug-likeness (QED) is 0.120. The lowest BCUT2D eigenvalue weighted by molar-refractivity contribution is -0.122. The molecule has 4 aromatic rings. The number of aromatic nitrogens is 1. The third-order valence-electron chi connectivity index (χ3n) is 7.75. The summed E-state index contributed by atoms with van der Waals surface area (Å²) in [6, 6.07) is 31.0. The van der Waals surface area contributed by atoms with Crippen LogP contribution >= 0.6 is 34.2 Å². The molecule has 1 atom stereocenters. The van der Waals surface area contributed by atoms with E-state index in [1.807, 2.05) is 52.7 Å². The summed E-state index contributed by atoms with van der Waals surface area (Å²) in [5.41, 5.74) is 4.32. The second-order valence-electron chi connectivity index (χ2n) is 10.8. The SMILES string of the molecule is O=C(CCCN(CCC(c1ccccc1)c1ccccc1)C(=O)N(I)c1nc(-c2ccccc2)cs1)NC1CCCNC1. The number of nitrogens with zero attached hydrogens (tertiary/aromatic N) is 3. The molecule has 2 heterocycles. The molecule has 0 radical (unpaired) electrons. The number of urea groups is 1. The molecule has 0 saturated carbocycles. The fraction of sp³-hybridized carbons (Fsp3) is 0.324. The van der Waals surface area contributed by atoms with Crippen LogP contribution in [0.3, 0.4) is 0 Å². The number of amides is 3. The normalized spacial score (nSPS) is 14.8. The Bertz CT molecular complexity index is 1390. The zero-order valence-corrected chi connectivity index (χ0v) is 27.2. The first-order chi connectivity index (χ1) is 21.1. The van der Waals surface area contributed by atoms with E-state index < -0.39 is 0 Å². The van der Waals surface area contributed by atoms with Crippen LogP contribution in [0.15, 0.2) is 96.4 Å². The molecule has 1 aliphatic heterocycles. The third kappa shape index (κ3) is 8.87. The molecule has 224 valence electrons. The van der Waals surface area contributed by atoms with Crippen LogP contribution in [0.2, 0.25) is 0 Å². The van der Waals surface area contributed by atoms with E-state index in [9.17, 15) is 9.59 Å². The minimum atomic E-state index is -0.119. The number of hydrogen-bond donors (Lipinski definition) is 2. The highest BCUT2D eigenvalue weighted by Gasteiger charge is 2.25. The Hall–Kier alpha value is -3.28. The first-order valence-corrected chi connectivity index (χ1v) is 16.8. The van der Waals surface area contributed by atoms with E-state index in [0.717, 1.165) is 43.6 Å². The summed E-state index contributed by atoms with van der Waals surface area (Å²) in [5.74, 6) is 0.193. The van der Waals surface area contributed by atoms with Gasteiger partial charge in [-0.3, -0.25) is 4.79 Å². The highest BCUT2D eigenvalue weighted by atomic mass is 127. The van der Waals surface area contributed by atoms with Crippen LogP contribution < -0.4 is 13.7 Å². The second-order valence-corrected chi connectivity index (χ2v) is 12.6. The molecule has 1 fully saturated rings. The molecule has 0 bridgehead atoms. The topological polar surface area (TPSA) is 77.6 Å². The summed E-state index contributed by atoms with van der Waals surface area (Å²) in [7, 11) is 0. The van der Waals surface area contributed by atoms with Gasteiger partial charge in [-0.1, -0.05) is 91.0 Å². The number of benzene rings is 3. The van der Waals surface area contributed by atoms with Gasteiger partial charge < -0.3 is 15.5 Å². The van der Waals surface area contributed by atoms with Crippen LogP contribution in [-0.4, -0.2) is 54.0 Å². The van der Waals surface area contributed by atoms with Gasteiger partial charge in [0, 0.05) is 49.0 Å². The third-order valence-corrected chi connectivity index (χ3v) is 9.78. The Kier molecular flexibility index (Phi) is 11.6. The van der Waals surface area contributed by atoms with E-state index in [-0.39, 0.29) is 23.9 Å². The summed E-state index contributed by atoms with van der Waals surface area (Å²) in [6.45, 7) is 2.87. The number of carbonyl (C=O) groups is 2. The predicted molar refractivity (Wildman–Crippen MR) is 184 cm³/mol. The van der Waals surface area contributed by atoms with Crippen molar-refractivity contribution in [3.63, 3.8) is 0 Å². The highest BCUT2D eigenvalue weighted by molar-refractivity contribution is 14.1. The Labute approximate surface area is 272 Å². The van der Waals surface area contributed by atoms with Crippen molar-refractivity contribution in [3.05, 3.63) is 108 Å².